The summed E-state index contributed by atoms with van der Waals surface area (Å²) in [5, 5.41) is 3.20. The summed E-state index contributed by atoms with van der Waals surface area (Å²) in [5.74, 6) is 1.31. The first-order valence-electron chi connectivity index (χ1n) is 10.3. The molecule has 0 atom stereocenters. The van der Waals surface area contributed by atoms with E-state index in [1.807, 2.05) is 44.2 Å². The number of rotatable bonds is 9. The first-order valence-corrected chi connectivity index (χ1v) is 12.0. The number of aryl methyl sites for hydroxylation is 2. The second kappa shape index (κ2) is 9.78. The fourth-order valence-corrected chi connectivity index (χ4v) is 4.39. The van der Waals surface area contributed by atoms with Crippen molar-refractivity contribution in [2.75, 3.05) is 28.0 Å². The maximum Gasteiger partial charge on any atom is 0.236 e. The molecule has 0 amide bonds. The van der Waals surface area contributed by atoms with Crippen molar-refractivity contribution >= 4 is 33.2 Å². The zero-order chi connectivity index (χ0) is 22.4. The first-order chi connectivity index (χ1) is 14.8. The Hall–Kier alpha value is -3.13. The van der Waals surface area contributed by atoms with Crippen molar-refractivity contribution in [3.63, 3.8) is 0 Å². The van der Waals surface area contributed by atoms with Gasteiger partial charge in [-0.1, -0.05) is 29.8 Å². The number of aromatic nitrogens is 2. The van der Waals surface area contributed by atoms with Crippen molar-refractivity contribution in [3.05, 3.63) is 71.4 Å². The molecule has 3 aromatic rings. The van der Waals surface area contributed by atoms with Crippen LogP contribution in [0.5, 0.6) is 0 Å². The first kappa shape index (κ1) is 22.6. The van der Waals surface area contributed by atoms with Gasteiger partial charge in [-0.3, -0.25) is 4.72 Å². The molecule has 0 bridgehead atoms. The summed E-state index contributed by atoms with van der Waals surface area (Å²) in [5.41, 5.74) is 4.00. The van der Waals surface area contributed by atoms with Crippen LogP contribution in [0.4, 0.5) is 23.1 Å². The van der Waals surface area contributed by atoms with Crippen LogP contribution in [-0.2, 0) is 15.8 Å². The third-order valence-corrected chi connectivity index (χ3v) is 6.08. The Morgan fingerprint density at radius 2 is 1.48 bits per heavy atom. The molecule has 0 saturated heterocycles. The number of hydrogen-bond acceptors (Lipinski definition) is 6. The average molecular weight is 440 g/mol. The van der Waals surface area contributed by atoms with Crippen molar-refractivity contribution in [2.45, 2.75) is 33.4 Å². The molecular formula is C23H29N5O2S. The maximum absolute atomic E-state index is 12.5. The summed E-state index contributed by atoms with van der Waals surface area (Å²) in [4.78, 5) is 11.2. The van der Waals surface area contributed by atoms with Crippen molar-refractivity contribution in [1.29, 1.82) is 0 Å². The quantitative estimate of drug-likeness (QED) is 0.506. The summed E-state index contributed by atoms with van der Waals surface area (Å²) < 4.78 is 27.6. The van der Waals surface area contributed by atoms with Gasteiger partial charge < -0.3 is 10.2 Å². The highest BCUT2D eigenvalue weighted by atomic mass is 32.2. The zero-order valence-corrected chi connectivity index (χ0v) is 19.2. The molecular weight excluding hydrogens is 410 g/mol. The van der Waals surface area contributed by atoms with Crippen molar-refractivity contribution in [3.8, 4) is 0 Å². The van der Waals surface area contributed by atoms with E-state index in [4.69, 9.17) is 0 Å². The minimum Gasteiger partial charge on any atom is -0.357 e. The van der Waals surface area contributed by atoms with E-state index >= 15 is 0 Å². The third-order valence-electron chi connectivity index (χ3n) is 4.82. The third kappa shape index (κ3) is 6.42. The van der Waals surface area contributed by atoms with Gasteiger partial charge in [0, 0.05) is 36.2 Å². The summed E-state index contributed by atoms with van der Waals surface area (Å²) in [6, 6.07) is 16.5. The fraction of sp³-hybridized carbons (Fsp3) is 0.304. The van der Waals surface area contributed by atoms with Gasteiger partial charge in [0.05, 0.1) is 5.75 Å². The van der Waals surface area contributed by atoms with E-state index in [1.165, 1.54) is 0 Å². The maximum atomic E-state index is 12.5. The van der Waals surface area contributed by atoms with Crippen molar-refractivity contribution in [2.24, 2.45) is 0 Å². The monoisotopic (exact) mass is 439 g/mol. The van der Waals surface area contributed by atoms with Gasteiger partial charge in [-0.25, -0.2) is 13.4 Å². The van der Waals surface area contributed by atoms with E-state index in [9.17, 15) is 8.42 Å². The van der Waals surface area contributed by atoms with Crippen LogP contribution in [-0.4, -0.2) is 31.5 Å². The molecule has 8 heteroatoms. The van der Waals surface area contributed by atoms with Gasteiger partial charge in [-0.05, 0) is 57.5 Å². The lowest BCUT2D eigenvalue weighted by atomic mass is 10.2. The van der Waals surface area contributed by atoms with Crippen LogP contribution in [0.25, 0.3) is 0 Å². The molecule has 1 heterocycles. The smallest absolute Gasteiger partial charge is 0.236 e. The molecule has 3 rings (SSSR count). The van der Waals surface area contributed by atoms with Crippen LogP contribution in [0.3, 0.4) is 0 Å². The topological polar surface area (TPSA) is 87.2 Å². The number of sulfonamides is 1. The molecule has 164 valence electrons. The molecule has 0 aliphatic heterocycles. The Morgan fingerprint density at radius 3 is 2.10 bits per heavy atom. The second-order valence-electron chi connectivity index (χ2n) is 7.41. The molecule has 7 nitrogen and oxygen atoms in total. The minimum absolute atomic E-state index is 0.0709. The lowest BCUT2D eigenvalue weighted by molar-refractivity contribution is 0.600. The van der Waals surface area contributed by atoms with Gasteiger partial charge >= 0.3 is 0 Å². The number of nitrogens with zero attached hydrogens (tertiary/aromatic N) is 3. The van der Waals surface area contributed by atoms with Crippen LogP contribution in [0.15, 0.2) is 54.6 Å². The van der Waals surface area contributed by atoms with E-state index in [0.717, 1.165) is 41.4 Å². The largest absolute Gasteiger partial charge is 0.357 e. The lowest BCUT2D eigenvalue weighted by Crippen LogP contribution is -2.23. The summed E-state index contributed by atoms with van der Waals surface area (Å²) in [7, 11) is -3.50. The molecule has 0 aliphatic carbocycles. The summed E-state index contributed by atoms with van der Waals surface area (Å²) >= 11 is 0. The van der Waals surface area contributed by atoms with Crippen LogP contribution in [0.2, 0.25) is 0 Å². The van der Waals surface area contributed by atoms with Crippen LogP contribution < -0.4 is 14.9 Å². The number of nitrogens with one attached hydrogen (secondary N) is 2. The Morgan fingerprint density at radius 1 is 0.871 bits per heavy atom. The minimum atomic E-state index is -3.50. The highest BCUT2D eigenvalue weighted by molar-refractivity contribution is 7.91. The van der Waals surface area contributed by atoms with Gasteiger partial charge in [-0.15, -0.1) is 0 Å². The zero-order valence-electron chi connectivity index (χ0n) is 18.4. The predicted octanol–water partition coefficient (Wildman–Crippen LogP) is 4.63. The number of hydrogen-bond donors (Lipinski definition) is 2. The second-order valence-corrected chi connectivity index (χ2v) is 9.13. The molecule has 2 aromatic carbocycles. The highest BCUT2D eigenvalue weighted by Gasteiger charge is 2.12. The molecule has 0 fully saturated rings. The van der Waals surface area contributed by atoms with E-state index in [-0.39, 0.29) is 5.75 Å². The molecule has 0 saturated carbocycles. The standard InChI is InChI=1S/C23H29N5O2S/c1-5-28(6-2)22-15-18(4)24-23(26-22)25-20-11-13-21(14-12-20)27-31(29,30)16-19-9-7-17(3)8-10-19/h7-15,27H,5-6,16H2,1-4H3,(H,24,25,26). The van der Waals surface area contributed by atoms with E-state index in [0.29, 0.717) is 11.6 Å². The van der Waals surface area contributed by atoms with E-state index < -0.39 is 10.0 Å². The molecule has 0 spiro atoms. The normalized spacial score (nSPS) is 11.2. The molecule has 0 unspecified atom stereocenters. The molecule has 31 heavy (non-hydrogen) atoms. The Labute approximate surface area is 184 Å². The molecule has 0 aliphatic rings. The van der Waals surface area contributed by atoms with E-state index in [2.05, 4.69) is 38.8 Å². The fourth-order valence-electron chi connectivity index (χ4n) is 3.19. The summed E-state index contributed by atoms with van der Waals surface area (Å²) in [6.45, 7) is 9.82. The molecule has 2 N–H and O–H groups in total. The van der Waals surface area contributed by atoms with Crippen molar-refractivity contribution in [1.82, 2.24) is 9.97 Å². The molecule has 0 radical (unpaired) electrons. The van der Waals surface area contributed by atoms with Gasteiger partial charge in [0.25, 0.3) is 0 Å². The van der Waals surface area contributed by atoms with Crippen molar-refractivity contribution < 1.29 is 8.42 Å². The van der Waals surface area contributed by atoms with Gasteiger partial charge in [0.15, 0.2) is 0 Å². The number of anilines is 4. The van der Waals surface area contributed by atoms with Crippen LogP contribution in [0.1, 0.15) is 30.7 Å². The molecule has 1 aromatic heterocycles. The number of benzene rings is 2. The van der Waals surface area contributed by atoms with Crippen LogP contribution >= 0.6 is 0 Å². The lowest BCUT2D eigenvalue weighted by Gasteiger charge is -2.20. The van der Waals surface area contributed by atoms with Gasteiger partial charge in [-0.2, -0.15) is 4.98 Å². The Kier molecular flexibility index (Phi) is 7.12. The summed E-state index contributed by atoms with van der Waals surface area (Å²) in [6.07, 6.45) is 0. The van der Waals surface area contributed by atoms with Gasteiger partial charge in [0.1, 0.15) is 5.82 Å². The van der Waals surface area contributed by atoms with Crippen LogP contribution in [0, 0.1) is 13.8 Å². The highest BCUT2D eigenvalue weighted by Crippen LogP contribution is 2.21. The van der Waals surface area contributed by atoms with E-state index in [1.54, 1.807) is 24.3 Å². The SMILES string of the molecule is CCN(CC)c1cc(C)nc(Nc2ccc(NS(=O)(=O)Cc3ccc(C)cc3)cc2)n1. The Balaban J connectivity index is 1.68. The van der Waals surface area contributed by atoms with Gasteiger partial charge in [0.2, 0.25) is 16.0 Å². The Bertz CT molecular complexity index is 1110. The average Bonchev–Trinajstić information content (AvgIpc) is 2.71. The predicted molar refractivity (Wildman–Crippen MR) is 127 cm³/mol.